The van der Waals surface area contributed by atoms with Gasteiger partial charge in [0, 0.05) is 11.4 Å². The van der Waals surface area contributed by atoms with Crippen LogP contribution < -0.4 is 5.32 Å². The van der Waals surface area contributed by atoms with Crippen LogP contribution in [-0.4, -0.2) is 20.2 Å². The maximum absolute atomic E-state index is 4.73. The van der Waals surface area contributed by atoms with Gasteiger partial charge in [-0.15, -0.1) is 10.2 Å². The molecule has 7 heteroatoms. The van der Waals surface area contributed by atoms with E-state index >= 15 is 0 Å². The van der Waals surface area contributed by atoms with E-state index in [4.69, 9.17) is 4.98 Å². The minimum absolute atomic E-state index is 0.725. The van der Waals surface area contributed by atoms with Gasteiger partial charge < -0.3 is 5.32 Å². The van der Waals surface area contributed by atoms with Gasteiger partial charge >= 0.3 is 0 Å². The summed E-state index contributed by atoms with van der Waals surface area (Å²) in [6.07, 6.45) is 0. The van der Waals surface area contributed by atoms with E-state index in [2.05, 4.69) is 39.6 Å². The summed E-state index contributed by atoms with van der Waals surface area (Å²) in [4.78, 5) is 9.37. The first-order valence-corrected chi connectivity index (χ1v) is 10.00. The number of aromatic nitrogens is 4. The Balaban J connectivity index is 1.45. The van der Waals surface area contributed by atoms with E-state index in [-0.39, 0.29) is 0 Å². The van der Waals surface area contributed by atoms with Crippen LogP contribution in [0.2, 0.25) is 0 Å². The van der Waals surface area contributed by atoms with Crippen molar-refractivity contribution in [1.82, 2.24) is 20.2 Å². The smallest absolute Gasteiger partial charge is 0.210 e. The molecule has 0 bridgehead atoms. The first kappa shape index (κ1) is 16.9. The second kappa shape index (κ2) is 7.39. The van der Waals surface area contributed by atoms with Crippen molar-refractivity contribution in [1.29, 1.82) is 0 Å². The molecule has 0 unspecified atom stereocenters. The number of anilines is 2. The minimum Gasteiger partial charge on any atom is -0.330 e. The van der Waals surface area contributed by atoms with Crippen LogP contribution in [0, 0.1) is 13.8 Å². The van der Waals surface area contributed by atoms with Gasteiger partial charge in [0.2, 0.25) is 5.13 Å². The third-order valence-corrected chi connectivity index (χ3v) is 5.83. The molecular formula is C19H17N5S2. The number of nitrogens with zero attached hydrogens (tertiary/aromatic N) is 4. The van der Waals surface area contributed by atoms with E-state index in [0.29, 0.717) is 0 Å². The van der Waals surface area contributed by atoms with Crippen LogP contribution in [0.25, 0.3) is 11.0 Å². The topological polar surface area (TPSA) is 63.6 Å². The van der Waals surface area contributed by atoms with Crippen molar-refractivity contribution in [3.8, 4) is 0 Å². The number of para-hydroxylation sites is 2. The van der Waals surface area contributed by atoms with Crippen LogP contribution in [0.5, 0.6) is 0 Å². The third-order valence-electron chi connectivity index (χ3n) is 3.85. The summed E-state index contributed by atoms with van der Waals surface area (Å²) < 4.78 is 0.912. The fourth-order valence-corrected chi connectivity index (χ4v) is 4.34. The molecule has 26 heavy (non-hydrogen) atoms. The van der Waals surface area contributed by atoms with E-state index in [1.165, 1.54) is 5.56 Å². The zero-order valence-electron chi connectivity index (χ0n) is 14.4. The monoisotopic (exact) mass is 379 g/mol. The van der Waals surface area contributed by atoms with Crippen molar-refractivity contribution in [3.05, 3.63) is 65.5 Å². The standard InChI is InChI=1S/C19H17N5S2/c1-12-6-5-7-14(10-12)21-18-23-24-19(26-18)25-11-17-13(2)20-15-8-3-4-9-16(15)22-17/h3-10H,11H2,1-2H3,(H,21,23). The van der Waals surface area contributed by atoms with Gasteiger partial charge in [-0.3, -0.25) is 0 Å². The maximum atomic E-state index is 4.73. The molecule has 0 spiro atoms. The van der Waals surface area contributed by atoms with E-state index < -0.39 is 0 Å². The Kier molecular flexibility index (Phi) is 4.81. The van der Waals surface area contributed by atoms with Crippen molar-refractivity contribution in [3.63, 3.8) is 0 Å². The Hall–Kier alpha value is -2.51. The van der Waals surface area contributed by atoms with Gasteiger partial charge in [0.05, 0.1) is 22.4 Å². The lowest BCUT2D eigenvalue weighted by molar-refractivity contribution is 1.01. The number of fused-ring (bicyclic) bond motifs is 1. The SMILES string of the molecule is Cc1cccc(Nc2nnc(SCc3nc4ccccc4nc3C)s2)c1. The van der Waals surface area contributed by atoms with Crippen molar-refractivity contribution in [2.75, 3.05) is 5.32 Å². The molecule has 4 aromatic rings. The van der Waals surface area contributed by atoms with E-state index in [9.17, 15) is 0 Å². The Labute approximate surface area is 159 Å². The highest BCUT2D eigenvalue weighted by atomic mass is 32.2. The fraction of sp³-hybridized carbons (Fsp3) is 0.158. The van der Waals surface area contributed by atoms with Gasteiger partial charge in [0.1, 0.15) is 0 Å². The lowest BCUT2D eigenvalue weighted by Crippen LogP contribution is -1.96. The molecule has 0 radical (unpaired) electrons. The predicted octanol–water partition coefficient (Wildman–Crippen LogP) is 5.13. The highest BCUT2D eigenvalue weighted by molar-refractivity contribution is 8.00. The van der Waals surface area contributed by atoms with Crippen LogP contribution in [0.1, 0.15) is 17.0 Å². The number of aryl methyl sites for hydroxylation is 2. The predicted molar refractivity (Wildman–Crippen MR) is 108 cm³/mol. The van der Waals surface area contributed by atoms with Gasteiger partial charge in [-0.05, 0) is 43.7 Å². The van der Waals surface area contributed by atoms with Crippen LogP contribution in [-0.2, 0) is 5.75 Å². The Morgan fingerprint density at radius 2 is 1.77 bits per heavy atom. The van der Waals surface area contributed by atoms with Gasteiger partial charge in [-0.25, -0.2) is 9.97 Å². The second-order valence-corrected chi connectivity index (χ2v) is 8.10. The number of rotatable bonds is 5. The Bertz CT molecular complexity index is 1060. The number of nitrogens with one attached hydrogen (secondary N) is 1. The summed E-state index contributed by atoms with van der Waals surface area (Å²) in [5.41, 5.74) is 6.02. The van der Waals surface area contributed by atoms with Crippen LogP contribution in [0.3, 0.4) is 0 Å². The molecule has 130 valence electrons. The molecule has 4 rings (SSSR count). The lowest BCUT2D eigenvalue weighted by Gasteiger charge is -2.05. The molecule has 5 nitrogen and oxygen atoms in total. The lowest BCUT2D eigenvalue weighted by atomic mass is 10.2. The molecular weight excluding hydrogens is 362 g/mol. The van der Waals surface area contributed by atoms with Gasteiger partial charge in [-0.1, -0.05) is 47.4 Å². The van der Waals surface area contributed by atoms with Crippen LogP contribution >= 0.6 is 23.1 Å². The molecule has 0 atom stereocenters. The van der Waals surface area contributed by atoms with E-state index in [1.54, 1.807) is 23.1 Å². The van der Waals surface area contributed by atoms with Crippen molar-refractivity contribution in [2.24, 2.45) is 0 Å². The summed E-state index contributed by atoms with van der Waals surface area (Å²) in [7, 11) is 0. The zero-order valence-corrected chi connectivity index (χ0v) is 16.1. The van der Waals surface area contributed by atoms with Gasteiger partial charge in [0.15, 0.2) is 4.34 Å². The summed E-state index contributed by atoms with van der Waals surface area (Å²) in [6.45, 7) is 4.07. The molecule has 0 aliphatic rings. The average Bonchev–Trinajstić information content (AvgIpc) is 3.07. The summed E-state index contributed by atoms with van der Waals surface area (Å²) >= 11 is 3.18. The molecule has 0 fully saturated rings. The summed E-state index contributed by atoms with van der Waals surface area (Å²) in [5.74, 6) is 0.725. The van der Waals surface area contributed by atoms with Gasteiger partial charge in [0.25, 0.3) is 0 Å². The highest BCUT2D eigenvalue weighted by Crippen LogP contribution is 2.30. The minimum atomic E-state index is 0.725. The zero-order chi connectivity index (χ0) is 17.9. The number of thioether (sulfide) groups is 1. The molecule has 0 saturated carbocycles. The van der Waals surface area contributed by atoms with Crippen molar-refractivity contribution < 1.29 is 0 Å². The Morgan fingerprint density at radius 3 is 2.58 bits per heavy atom. The Morgan fingerprint density at radius 1 is 0.962 bits per heavy atom. The molecule has 2 aromatic heterocycles. The largest absolute Gasteiger partial charge is 0.330 e. The fourth-order valence-electron chi connectivity index (χ4n) is 2.56. The van der Waals surface area contributed by atoms with Crippen LogP contribution in [0.15, 0.2) is 52.9 Å². The second-order valence-electron chi connectivity index (χ2n) is 5.90. The van der Waals surface area contributed by atoms with Crippen molar-refractivity contribution >= 4 is 45.0 Å². The molecule has 0 aliphatic carbocycles. The first-order chi connectivity index (χ1) is 12.7. The molecule has 1 N–H and O–H groups in total. The van der Waals surface area contributed by atoms with Crippen molar-refractivity contribution in [2.45, 2.75) is 23.9 Å². The first-order valence-electron chi connectivity index (χ1n) is 8.19. The van der Waals surface area contributed by atoms with E-state index in [0.717, 1.165) is 43.3 Å². The number of hydrogen-bond donors (Lipinski definition) is 1. The van der Waals surface area contributed by atoms with Gasteiger partial charge in [-0.2, -0.15) is 0 Å². The molecule has 2 aromatic carbocycles. The number of benzene rings is 2. The molecule has 0 amide bonds. The molecule has 2 heterocycles. The van der Waals surface area contributed by atoms with E-state index in [1.807, 2.05) is 43.3 Å². The maximum Gasteiger partial charge on any atom is 0.210 e. The molecule has 0 saturated heterocycles. The quantitative estimate of drug-likeness (QED) is 0.485. The summed E-state index contributed by atoms with van der Waals surface area (Å²) in [5, 5.41) is 12.6. The average molecular weight is 380 g/mol. The summed E-state index contributed by atoms with van der Waals surface area (Å²) in [6, 6.07) is 16.1. The normalized spacial score (nSPS) is 11.0. The third kappa shape index (κ3) is 3.84. The molecule has 0 aliphatic heterocycles. The highest BCUT2D eigenvalue weighted by Gasteiger charge is 2.09. The number of hydrogen-bond acceptors (Lipinski definition) is 7. The van der Waals surface area contributed by atoms with Crippen LogP contribution in [0.4, 0.5) is 10.8 Å².